The van der Waals surface area contributed by atoms with E-state index in [1.165, 1.54) is 12.1 Å². The van der Waals surface area contributed by atoms with Crippen molar-refractivity contribution in [1.29, 1.82) is 5.26 Å². The second-order valence-electron chi connectivity index (χ2n) is 5.57. The molecule has 0 saturated carbocycles. The number of ether oxygens (including phenoxy) is 1. The van der Waals surface area contributed by atoms with Gasteiger partial charge in [-0.2, -0.15) is 5.26 Å². The Hall–Kier alpha value is -2.34. The van der Waals surface area contributed by atoms with E-state index in [-0.39, 0.29) is 11.7 Å². The van der Waals surface area contributed by atoms with Crippen molar-refractivity contribution in [3.05, 3.63) is 65.5 Å². The maximum Gasteiger partial charge on any atom is 0.123 e. The maximum atomic E-state index is 13.3. The smallest absolute Gasteiger partial charge is 0.123 e. The number of nitrogens with zero attached hydrogens (tertiary/aromatic N) is 1. The quantitative estimate of drug-likeness (QED) is 0.749. The summed E-state index contributed by atoms with van der Waals surface area (Å²) in [6.45, 7) is 4.67. The molecule has 0 saturated heterocycles. The second-order valence-corrected chi connectivity index (χ2v) is 5.57. The fourth-order valence-corrected chi connectivity index (χ4v) is 2.40. The standard InChI is InChI=1S/C19H20FNO/c1-14(2)18-8-3-4-9-19(18)22-11-10-16(13-21)15-6-5-7-17(20)12-15/h3-9,12,14,16H,10-11H2,1-2H3. The zero-order valence-electron chi connectivity index (χ0n) is 12.9. The Morgan fingerprint density at radius 3 is 2.59 bits per heavy atom. The molecule has 0 aliphatic rings. The molecule has 0 amide bonds. The van der Waals surface area contributed by atoms with Gasteiger partial charge in [0, 0.05) is 6.42 Å². The first-order valence-electron chi connectivity index (χ1n) is 7.48. The molecule has 0 aliphatic heterocycles. The molecule has 1 atom stereocenters. The van der Waals surface area contributed by atoms with Gasteiger partial charge in [-0.05, 0) is 35.2 Å². The first-order chi connectivity index (χ1) is 10.6. The summed E-state index contributed by atoms with van der Waals surface area (Å²) >= 11 is 0. The molecule has 1 unspecified atom stereocenters. The Kier molecular flexibility index (Phi) is 5.55. The van der Waals surface area contributed by atoms with Gasteiger partial charge in [-0.15, -0.1) is 0 Å². The summed E-state index contributed by atoms with van der Waals surface area (Å²) in [4.78, 5) is 0. The summed E-state index contributed by atoms with van der Waals surface area (Å²) in [6.07, 6.45) is 0.534. The van der Waals surface area contributed by atoms with E-state index in [2.05, 4.69) is 19.9 Å². The predicted octanol–water partition coefficient (Wildman–Crippen LogP) is 5.03. The molecular formula is C19H20FNO. The molecule has 2 aromatic carbocycles. The fourth-order valence-electron chi connectivity index (χ4n) is 2.40. The van der Waals surface area contributed by atoms with Crippen molar-refractivity contribution in [2.75, 3.05) is 6.61 Å². The van der Waals surface area contributed by atoms with Gasteiger partial charge >= 0.3 is 0 Å². The van der Waals surface area contributed by atoms with Crippen LogP contribution >= 0.6 is 0 Å². The molecule has 0 heterocycles. The van der Waals surface area contributed by atoms with Crippen molar-refractivity contribution in [2.24, 2.45) is 0 Å². The van der Waals surface area contributed by atoms with Gasteiger partial charge in [-0.25, -0.2) is 4.39 Å². The molecule has 22 heavy (non-hydrogen) atoms. The van der Waals surface area contributed by atoms with E-state index in [0.29, 0.717) is 24.5 Å². The van der Waals surface area contributed by atoms with E-state index >= 15 is 0 Å². The van der Waals surface area contributed by atoms with Gasteiger partial charge in [0.1, 0.15) is 11.6 Å². The number of rotatable bonds is 6. The Morgan fingerprint density at radius 1 is 1.14 bits per heavy atom. The molecule has 0 aliphatic carbocycles. The van der Waals surface area contributed by atoms with Crippen LogP contribution in [0.3, 0.4) is 0 Å². The lowest BCUT2D eigenvalue weighted by Crippen LogP contribution is -2.06. The van der Waals surface area contributed by atoms with E-state index in [1.807, 2.05) is 24.3 Å². The third kappa shape index (κ3) is 4.08. The highest BCUT2D eigenvalue weighted by molar-refractivity contribution is 5.35. The molecule has 0 N–H and O–H groups in total. The number of para-hydroxylation sites is 1. The summed E-state index contributed by atoms with van der Waals surface area (Å²) in [5.74, 6) is 0.561. The van der Waals surface area contributed by atoms with Gasteiger partial charge in [0.25, 0.3) is 0 Å². The van der Waals surface area contributed by atoms with E-state index in [4.69, 9.17) is 4.74 Å². The zero-order chi connectivity index (χ0) is 15.9. The molecular weight excluding hydrogens is 277 g/mol. The molecule has 2 rings (SSSR count). The Balaban J connectivity index is 2.00. The lowest BCUT2D eigenvalue weighted by molar-refractivity contribution is 0.302. The molecule has 3 heteroatoms. The molecule has 114 valence electrons. The summed E-state index contributed by atoms with van der Waals surface area (Å²) in [5, 5.41) is 9.28. The minimum Gasteiger partial charge on any atom is -0.493 e. The molecule has 0 radical (unpaired) electrons. The zero-order valence-corrected chi connectivity index (χ0v) is 12.9. The van der Waals surface area contributed by atoms with Gasteiger partial charge < -0.3 is 4.74 Å². The summed E-state index contributed by atoms with van der Waals surface area (Å²) in [6, 6.07) is 16.3. The van der Waals surface area contributed by atoms with Crippen LogP contribution in [-0.4, -0.2) is 6.61 Å². The van der Waals surface area contributed by atoms with Crippen LogP contribution < -0.4 is 4.74 Å². The van der Waals surface area contributed by atoms with E-state index in [1.54, 1.807) is 12.1 Å². The van der Waals surface area contributed by atoms with Gasteiger partial charge in [0.15, 0.2) is 0 Å². The van der Waals surface area contributed by atoms with Crippen LogP contribution in [0.1, 0.15) is 43.2 Å². The first kappa shape index (κ1) is 16.0. The number of benzene rings is 2. The molecule has 0 bridgehead atoms. The maximum absolute atomic E-state index is 13.3. The highest BCUT2D eigenvalue weighted by Crippen LogP contribution is 2.27. The third-order valence-corrected chi connectivity index (χ3v) is 3.61. The minimum atomic E-state index is -0.359. The fraction of sp³-hybridized carbons (Fsp3) is 0.316. The normalized spacial score (nSPS) is 12.0. The van der Waals surface area contributed by atoms with E-state index < -0.39 is 0 Å². The van der Waals surface area contributed by atoms with Crippen LogP contribution in [0.2, 0.25) is 0 Å². The predicted molar refractivity (Wildman–Crippen MR) is 85.4 cm³/mol. The van der Waals surface area contributed by atoms with E-state index in [9.17, 15) is 9.65 Å². The number of halogens is 1. The van der Waals surface area contributed by atoms with Crippen molar-refractivity contribution in [1.82, 2.24) is 0 Å². The van der Waals surface area contributed by atoms with Crippen LogP contribution in [0.4, 0.5) is 4.39 Å². The average molecular weight is 297 g/mol. The van der Waals surface area contributed by atoms with Gasteiger partial charge in [0.2, 0.25) is 0 Å². The molecule has 0 aromatic heterocycles. The second kappa shape index (κ2) is 7.61. The SMILES string of the molecule is CC(C)c1ccccc1OCCC(C#N)c1cccc(F)c1. The van der Waals surface area contributed by atoms with Crippen molar-refractivity contribution in [3.8, 4) is 11.8 Å². The van der Waals surface area contributed by atoms with Crippen LogP contribution in [0.25, 0.3) is 0 Å². The van der Waals surface area contributed by atoms with Crippen LogP contribution in [0.5, 0.6) is 5.75 Å². The Bertz CT molecular complexity index is 660. The molecule has 0 fully saturated rings. The highest BCUT2D eigenvalue weighted by atomic mass is 19.1. The molecule has 2 nitrogen and oxygen atoms in total. The molecule has 2 aromatic rings. The van der Waals surface area contributed by atoms with Crippen molar-refractivity contribution < 1.29 is 9.13 Å². The van der Waals surface area contributed by atoms with Crippen molar-refractivity contribution >= 4 is 0 Å². The van der Waals surface area contributed by atoms with Gasteiger partial charge in [0.05, 0.1) is 18.6 Å². The van der Waals surface area contributed by atoms with Crippen LogP contribution in [0, 0.1) is 17.1 Å². The lowest BCUT2D eigenvalue weighted by atomic mass is 9.97. The Labute approximate surface area is 131 Å². The summed E-state index contributed by atoms with van der Waals surface area (Å²) < 4.78 is 19.1. The monoisotopic (exact) mass is 297 g/mol. The largest absolute Gasteiger partial charge is 0.493 e. The highest BCUT2D eigenvalue weighted by Gasteiger charge is 2.13. The number of hydrogen-bond donors (Lipinski definition) is 0. The van der Waals surface area contributed by atoms with E-state index in [0.717, 1.165) is 11.3 Å². The lowest BCUT2D eigenvalue weighted by Gasteiger charge is -2.15. The van der Waals surface area contributed by atoms with Crippen molar-refractivity contribution in [2.45, 2.75) is 32.1 Å². The summed E-state index contributed by atoms with van der Waals surface area (Å²) in [5.41, 5.74) is 1.85. The number of hydrogen-bond acceptors (Lipinski definition) is 2. The van der Waals surface area contributed by atoms with Crippen LogP contribution in [-0.2, 0) is 0 Å². The molecule has 0 spiro atoms. The van der Waals surface area contributed by atoms with Crippen molar-refractivity contribution in [3.63, 3.8) is 0 Å². The topological polar surface area (TPSA) is 33.0 Å². The van der Waals surface area contributed by atoms with Crippen LogP contribution in [0.15, 0.2) is 48.5 Å². The summed E-state index contributed by atoms with van der Waals surface area (Å²) in [7, 11) is 0. The first-order valence-corrected chi connectivity index (χ1v) is 7.48. The van der Waals surface area contributed by atoms with Gasteiger partial charge in [-0.3, -0.25) is 0 Å². The Morgan fingerprint density at radius 2 is 1.91 bits per heavy atom. The minimum absolute atomic E-state index is 0.316. The number of nitriles is 1. The van der Waals surface area contributed by atoms with Gasteiger partial charge in [-0.1, -0.05) is 44.2 Å². The third-order valence-electron chi connectivity index (χ3n) is 3.61. The average Bonchev–Trinajstić information content (AvgIpc) is 2.52.